The third kappa shape index (κ3) is 2.50. The Morgan fingerprint density at radius 3 is 2.79 bits per heavy atom. The number of aromatic nitrogens is 2. The van der Waals surface area contributed by atoms with Gasteiger partial charge in [-0.05, 0) is 25.1 Å². The first-order chi connectivity index (χ1) is 9.02. The Hall–Kier alpha value is -2.54. The number of hydrazine groups is 1. The number of halogens is 1. The zero-order valence-electron chi connectivity index (χ0n) is 10.1. The summed E-state index contributed by atoms with van der Waals surface area (Å²) in [6.45, 7) is 1.63. The molecule has 1 heterocycles. The van der Waals surface area contributed by atoms with Crippen LogP contribution in [0.1, 0.15) is 16.2 Å². The van der Waals surface area contributed by atoms with E-state index in [1.54, 1.807) is 13.0 Å². The van der Waals surface area contributed by atoms with Crippen LogP contribution in [0.2, 0.25) is 0 Å². The third-order valence-electron chi connectivity index (χ3n) is 2.51. The fourth-order valence-corrected chi connectivity index (χ4v) is 1.64. The number of benzene rings is 1. The van der Waals surface area contributed by atoms with E-state index in [0.29, 0.717) is 11.4 Å². The van der Waals surface area contributed by atoms with E-state index < -0.39 is 17.2 Å². The van der Waals surface area contributed by atoms with Gasteiger partial charge in [-0.2, -0.15) is 5.10 Å². The van der Waals surface area contributed by atoms with Crippen molar-refractivity contribution in [2.24, 2.45) is 5.84 Å². The summed E-state index contributed by atoms with van der Waals surface area (Å²) in [5, 5.41) is 3.90. The molecule has 0 spiro atoms. The number of hydrogen-bond donors (Lipinski definition) is 2. The van der Waals surface area contributed by atoms with Crippen LogP contribution in [0.25, 0.3) is 5.69 Å². The Bertz CT molecular complexity index is 696. The van der Waals surface area contributed by atoms with Gasteiger partial charge in [-0.25, -0.2) is 14.9 Å². The van der Waals surface area contributed by atoms with E-state index in [0.717, 1.165) is 0 Å². The summed E-state index contributed by atoms with van der Waals surface area (Å²) in [5.41, 5.74) is 1.83. The number of carbonyl (C=O) groups is 1. The average molecular weight is 262 g/mol. The van der Waals surface area contributed by atoms with Crippen LogP contribution in [-0.2, 0) is 0 Å². The van der Waals surface area contributed by atoms with Crippen molar-refractivity contribution in [2.75, 3.05) is 0 Å². The van der Waals surface area contributed by atoms with Crippen molar-refractivity contribution in [3.05, 3.63) is 57.8 Å². The lowest BCUT2D eigenvalue weighted by Crippen LogP contribution is -2.36. The van der Waals surface area contributed by atoms with Gasteiger partial charge in [0.2, 0.25) is 5.43 Å². The Balaban J connectivity index is 2.64. The molecular formula is C12H11FN4O2. The van der Waals surface area contributed by atoms with E-state index in [4.69, 9.17) is 5.84 Å². The predicted molar refractivity (Wildman–Crippen MR) is 66.2 cm³/mol. The number of hydrogen-bond acceptors (Lipinski definition) is 4. The smallest absolute Gasteiger partial charge is 0.289 e. The van der Waals surface area contributed by atoms with Gasteiger partial charge in [0.1, 0.15) is 5.82 Å². The summed E-state index contributed by atoms with van der Waals surface area (Å²) in [4.78, 5) is 23.0. The number of nitrogens with one attached hydrogen (secondary N) is 1. The van der Waals surface area contributed by atoms with Crippen LogP contribution in [0.3, 0.4) is 0 Å². The van der Waals surface area contributed by atoms with Crippen LogP contribution in [0.4, 0.5) is 4.39 Å². The summed E-state index contributed by atoms with van der Waals surface area (Å²) >= 11 is 0. The molecule has 0 saturated carbocycles. The third-order valence-corrected chi connectivity index (χ3v) is 2.51. The maximum absolute atomic E-state index is 13.2. The van der Waals surface area contributed by atoms with Crippen LogP contribution in [0.5, 0.6) is 0 Å². The maximum Gasteiger partial charge on any atom is 0.289 e. The lowest BCUT2D eigenvalue weighted by Gasteiger charge is -2.10. The van der Waals surface area contributed by atoms with Crippen LogP contribution in [0, 0.1) is 12.7 Å². The summed E-state index contributed by atoms with van der Waals surface area (Å²) in [7, 11) is 0. The van der Waals surface area contributed by atoms with Crippen LogP contribution >= 0.6 is 0 Å². The molecule has 0 unspecified atom stereocenters. The highest BCUT2D eigenvalue weighted by Crippen LogP contribution is 2.10. The van der Waals surface area contributed by atoms with Gasteiger partial charge in [-0.15, -0.1) is 0 Å². The molecule has 1 aromatic carbocycles. The molecular weight excluding hydrogens is 251 g/mol. The largest absolute Gasteiger partial charge is 0.289 e. The summed E-state index contributed by atoms with van der Waals surface area (Å²) in [5.74, 6) is 3.74. The highest BCUT2D eigenvalue weighted by Gasteiger charge is 2.14. The van der Waals surface area contributed by atoms with Crippen molar-refractivity contribution < 1.29 is 9.18 Å². The number of amides is 1. The average Bonchev–Trinajstić information content (AvgIpc) is 2.38. The summed E-state index contributed by atoms with van der Waals surface area (Å²) < 4.78 is 14.5. The van der Waals surface area contributed by atoms with Crippen LogP contribution < -0.4 is 16.7 Å². The number of rotatable bonds is 2. The summed E-state index contributed by atoms with van der Waals surface area (Å²) in [6.07, 6.45) is 0. The molecule has 19 heavy (non-hydrogen) atoms. The molecule has 7 heteroatoms. The molecule has 98 valence electrons. The van der Waals surface area contributed by atoms with Crippen molar-refractivity contribution in [2.45, 2.75) is 6.92 Å². The van der Waals surface area contributed by atoms with Gasteiger partial charge in [0, 0.05) is 11.8 Å². The van der Waals surface area contributed by atoms with Crippen molar-refractivity contribution in [1.82, 2.24) is 15.2 Å². The Morgan fingerprint density at radius 2 is 2.16 bits per heavy atom. The first-order valence-electron chi connectivity index (χ1n) is 5.41. The Kier molecular flexibility index (Phi) is 3.39. The Labute approximate surface area is 107 Å². The van der Waals surface area contributed by atoms with Gasteiger partial charge in [0.15, 0.2) is 5.69 Å². The van der Waals surface area contributed by atoms with Crippen molar-refractivity contribution in [1.29, 1.82) is 0 Å². The van der Waals surface area contributed by atoms with Crippen LogP contribution in [-0.4, -0.2) is 15.7 Å². The molecule has 0 radical (unpaired) electrons. The van der Waals surface area contributed by atoms with E-state index in [-0.39, 0.29) is 5.69 Å². The Morgan fingerprint density at radius 1 is 1.42 bits per heavy atom. The lowest BCUT2D eigenvalue weighted by atomic mass is 10.2. The topological polar surface area (TPSA) is 90.0 Å². The number of nitrogens with zero attached hydrogens (tertiary/aromatic N) is 2. The van der Waals surface area contributed by atoms with Crippen LogP contribution in [0.15, 0.2) is 35.1 Å². The number of nitrogen functional groups attached to an aromatic ring is 1. The normalized spacial score (nSPS) is 10.3. The van der Waals surface area contributed by atoms with E-state index in [1.165, 1.54) is 28.9 Å². The minimum Gasteiger partial charge on any atom is -0.289 e. The van der Waals surface area contributed by atoms with E-state index in [9.17, 15) is 14.0 Å². The second-order valence-electron chi connectivity index (χ2n) is 3.86. The second-order valence-corrected chi connectivity index (χ2v) is 3.86. The number of carbonyl (C=O) groups excluding carboxylic acids is 1. The lowest BCUT2D eigenvalue weighted by molar-refractivity contribution is 0.0945. The van der Waals surface area contributed by atoms with Gasteiger partial charge in [-0.3, -0.25) is 15.0 Å². The second kappa shape index (κ2) is 4.99. The van der Waals surface area contributed by atoms with Gasteiger partial charge in [0.25, 0.3) is 5.91 Å². The first-order valence-corrected chi connectivity index (χ1v) is 5.41. The van der Waals surface area contributed by atoms with E-state index in [2.05, 4.69) is 5.10 Å². The first kappa shape index (κ1) is 12.9. The molecule has 3 N–H and O–H groups in total. The van der Waals surface area contributed by atoms with Crippen molar-refractivity contribution in [3.63, 3.8) is 0 Å². The van der Waals surface area contributed by atoms with E-state index in [1.807, 2.05) is 5.43 Å². The summed E-state index contributed by atoms with van der Waals surface area (Å²) in [6, 6.07) is 6.89. The van der Waals surface area contributed by atoms with Gasteiger partial charge in [0.05, 0.1) is 5.69 Å². The molecule has 6 nitrogen and oxygen atoms in total. The quantitative estimate of drug-likeness (QED) is 0.462. The van der Waals surface area contributed by atoms with Crippen molar-refractivity contribution in [3.8, 4) is 5.69 Å². The molecule has 0 aliphatic heterocycles. The number of nitrogens with two attached hydrogens (primary N) is 1. The molecule has 1 amide bonds. The molecule has 1 aromatic heterocycles. The molecule has 0 fully saturated rings. The molecule has 2 aromatic rings. The zero-order valence-corrected chi connectivity index (χ0v) is 10.1. The maximum atomic E-state index is 13.2. The fraction of sp³-hybridized carbons (Fsp3) is 0.0833. The number of aryl methyl sites for hydroxylation is 1. The predicted octanol–water partition coefficient (Wildman–Crippen LogP) is 0.284. The minimum atomic E-state index is -0.796. The monoisotopic (exact) mass is 262 g/mol. The van der Waals surface area contributed by atoms with Gasteiger partial charge < -0.3 is 0 Å². The van der Waals surface area contributed by atoms with Gasteiger partial charge in [-0.1, -0.05) is 6.07 Å². The molecule has 0 saturated heterocycles. The molecule has 0 atom stereocenters. The molecule has 0 aliphatic carbocycles. The van der Waals surface area contributed by atoms with E-state index >= 15 is 0 Å². The molecule has 2 rings (SSSR count). The SMILES string of the molecule is Cc1cc(=O)c(C(=O)NN)nn1-c1cccc(F)c1. The van der Waals surface area contributed by atoms with Gasteiger partial charge >= 0.3 is 0 Å². The zero-order chi connectivity index (χ0) is 14.0. The molecule has 0 bridgehead atoms. The standard InChI is InChI=1S/C12H11FN4O2/c1-7-5-10(18)11(12(19)15-14)16-17(7)9-4-2-3-8(13)6-9/h2-6H,14H2,1H3,(H,15,19). The fourth-order valence-electron chi connectivity index (χ4n) is 1.64. The minimum absolute atomic E-state index is 0.350. The van der Waals surface area contributed by atoms with Crippen molar-refractivity contribution >= 4 is 5.91 Å². The molecule has 0 aliphatic rings. The highest BCUT2D eigenvalue weighted by atomic mass is 19.1. The highest BCUT2D eigenvalue weighted by molar-refractivity contribution is 5.91.